The Morgan fingerprint density at radius 3 is 2.68 bits per heavy atom. The molecule has 0 aliphatic carbocycles. The van der Waals surface area contributed by atoms with E-state index >= 15 is 0 Å². The van der Waals surface area contributed by atoms with Crippen LogP contribution in [0.1, 0.15) is 24.8 Å². The summed E-state index contributed by atoms with van der Waals surface area (Å²) < 4.78 is 32.7. The molecule has 2 saturated heterocycles. The van der Waals surface area contributed by atoms with E-state index in [1.165, 1.54) is 11.4 Å². The molecule has 0 saturated carbocycles. The maximum Gasteiger partial charge on any atom is 0.308 e. The highest BCUT2D eigenvalue weighted by Crippen LogP contribution is 2.46. The Bertz CT molecular complexity index is 715. The largest absolute Gasteiger partial charge is 0.495 e. The molecule has 120 valence electrons. The summed E-state index contributed by atoms with van der Waals surface area (Å²) >= 11 is 0. The predicted octanol–water partition coefficient (Wildman–Crippen LogP) is 1.63. The number of fused-ring (bicyclic) bond motifs is 2. The van der Waals surface area contributed by atoms with Gasteiger partial charge in [0.2, 0.25) is 10.0 Å². The molecule has 2 aliphatic heterocycles. The van der Waals surface area contributed by atoms with E-state index < -0.39 is 28.0 Å². The number of carboxylic acids is 1. The SMILES string of the molecule is COc1ccc(C)cc1S(=O)(=O)N1C2CCC1C(C(=O)O)C2. The molecule has 1 N–H and O–H groups in total. The predicted molar refractivity (Wildman–Crippen MR) is 79.3 cm³/mol. The standard InChI is InChI=1S/C15H19NO5S/c1-9-3-6-13(21-2)14(7-9)22(19,20)16-10-4-5-12(16)11(8-10)15(17)18/h3,6-7,10-12H,4-5,8H2,1-2H3,(H,17,18). The van der Waals surface area contributed by atoms with Gasteiger partial charge in [-0.1, -0.05) is 6.07 Å². The van der Waals surface area contributed by atoms with E-state index in [4.69, 9.17) is 4.74 Å². The van der Waals surface area contributed by atoms with Crippen molar-refractivity contribution in [2.45, 2.75) is 43.2 Å². The zero-order valence-corrected chi connectivity index (χ0v) is 13.3. The number of carbonyl (C=O) groups is 1. The lowest BCUT2D eigenvalue weighted by molar-refractivity contribution is -0.142. The number of nitrogens with zero attached hydrogens (tertiary/aromatic N) is 1. The van der Waals surface area contributed by atoms with Crippen LogP contribution in [-0.2, 0) is 14.8 Å². The first kappa shape index (κ1) is 15.3. The molecule has 3 atom stereocenters. The van der Waals surface area contributed by atoms with Crippen molar-refractivity contribution in [2.24, 2.45) is 5.92 Å². The number of rotatable bonds is 4. The Hall–Kier alpha value is -1.60. The summed E-state index contributed by atoms with van der Waals surface area (Å²) in [5, 5.41) is 9.29. The van der Waals surface area contributed by atoms with Crippen LogP contribution in [0, 0.1) is 12.8 Å². The van der Waals surface area contributed by atoms with Crippen LogP contribution in [0.15, 0.2) is 23.1 Å². The van der Waals surface area contributed by atoms with E-state index in [-0.39, 0.29) is 10.9 Å². The Kier molecular flexibility index (Phi) is 3.65. The number of methoxy groups -OCH3 is 1. The summed E-state index contributed by atoms with van der Waals surface area (Å²) in [6.07, 6.45) is 1.73. The van der Waals surface area contributed by atoms with Gasteiger partial charge in [-0.05, 0) is 43.9 Å². The fourth-order valence-electron chi connectivity index (χ4n) is 3.68. The van der Waals surface area contributed by atoms with Crippen molar-refractivity contribution < 1.29 is 23.1 Å². The maximum absolute atomic E-state index is 13.0. The Morgan fingerprint density at radius 1 is 1.36 bits per heavy atom. The molecular weight excluding hydrogens is 306 g/mol. The van der Waals surface area contributed by atoms with Crippen molar-refractivity contribution in [3.05, 3.63) is 23.8 Å². The highest BCUT2D eigenvalue weighted by molar-refractivity contribution is 7.89. The molecule has 2 bridgehead atoms. The van der Waals surface area contributed by atoms with Crippen LogP contribution in [-0.4, -0.2) is 43.0 Å². The van der Waals surface area contributed by atoms with Crippen LogP contribution >= 0.6 is 0 Å². The normalized spacial score (nSPS) is 28.0. The molecule has 3 rings (SSSR count). The molecule has 0 amide bonds. The van der Waals surface area contributed by atoms with E-state index in [2.05, 4.69) is 0 Å². The second-order valence-electron chi connectivity index (χ2n) is 5.97. The summed E-state index contributed by atoms with van der Waals surface area (Å²) in [7, 11) is -2.33. The average molecular weight is 325 g/mol. The van der Waals surface area contributed by atoms with Crippen molar-refractivity contribution in [1.82, 2.24) is 4.31 Å². The lowest BCUT2D eigenvalue weighted by atomic mass is 9.89. The van der Waals surface area contributed by atoms with Gasteiger partial charge in [-0.3, -0.25) is 4.79 Å². The summed E-state index contributed by atoms with van der Waals surface area (Å²) in [4.78, 5) is 11.5. The van der Waals surface area contributed by atoms with Crippen LogP contribution in [0.4, 0.5) is 0 Å². The van der Waals surface area contributed by atoms with E-state index in [0.29, 0.717) is 18.6 Å². The monoisotopic (exact) mass is 325 g/mol. The van der Waals surface area contributed by atoms with E-state index in [9.17, 15) is 18.3 Å². The molecule has 2 aliphatic rings. The number of sulfonamides is 1. The number of ether oxygens (including phenoxy) is 1. The van der Waals surface area contributed by atoms with E-state index in [1.807, 2.05) is 6.92 Å². The third-order valence-corrected chi connectivity index (χ3v) is 6.66. The molecule has 2 heterocycles. The zero-order valence-electron chi connectivity index (χ0n) is 12.5. The molecular formula is C15H19NO5S. The number of aliphatic carboxylic acids is 1. The minimum Gasteiger partial charge on any atom is -0.495 e. The first-order valence-corrected chi connectivity index (χ1v) is 8.71. The molecule has 1 aromatic rings. The van der Waals surface area contributed by atoms with Crippen LogP contribution in [0.3, 0.4) is 0 Å². The lowest BCUT2D eigenvalue weighted by Crippen LogP contribution is -2.38. The van der Waals surface area contributed by atoms with Gasteiger partial charge in [0.25, 0.3) is 0 Å². The fourth-order valence-corrected chi connectivity index (χ4v) is 5.84. The summed E-state index contributed by atoms with van der Waals surface area (Å²) in [5.74, 6) is -1.23. The molecule has 0 spiro atoms. The fraction of sp³-hybridized carbons (Fsp3) is 0.533. The van der Waals surface area contributed by atoms with Crippen molar-refractivity contribution in [3.8, 4) is 5.75 Å². The van der Waals surface area contributed by atoms with Crippen molar-refractivity contribution in [2.75, 3.05) is 7.11 Å². The Balaban J connectivity index is 2.05. The second-order valence-corrected chi connectivity index (χ2v) is 7.78. The van der Waals surface area contributed by atoms with Crippen LogP contribution in [0.5, 0.6) is 5.75 Å². The molecule has 22 heavy (non-hydrogen) atoms. The average Bonchev–Trinajstić information content (AvgIpc) is 3.05. The van der Waals surface area contributed by atoms with Gasteiger partial charge in [0, 0.05) is 12.1 Å². The van der Waals surface area contributed by atoms with E-state index in [1.54, 1.807) is 18.2 Å². The molecule has 7 heteroatoms. The molecule has 2 fully saturated rings. The van der Waals surface area contributed by atoms with Gasteiger partial charge < -0.3 is 9.84 Å². The minimum atomic E-state index is -3.76. The van der Waals surface area contributed by atoms with Gasteiger partial charge in [-0.15, -0.1) is 0 Å². The quantitative estimate of drug-likeness (QED) is 0.909. The van der Waals surface area contributed by atoms with Crippen LogP contribution < -0.4 is 4.74 Å². The van der Waals surface area contributed by atoms with Gasteiger partial charge in [0.05, 0.1) is 13.0 Å². The molecule has 0 aromatic heterocycles. The first-order valence-electron chi connectivity index (χ1n) is 7.27. The summed E-state index contributed by atoms with van der Waals surface area (Å²) in [6, 6.07) is 4.34. The van der Waals surface area contributed by atoms with Gasteiger partial charge in [-0.2, -0.15) is 4.31 Å². The van der Waals surface area contributed by atoms with Gasteiger partial charge in [0.1, 0.15) is 10.6 Å². The number of benzene rings is 1. The topological polar surface area (TPSA) is 83.9 Å². The van der Waals surface area contributed by atoms with Crippen LogP contribution in [0.25, 0.3) is 0 Å². The van der Waals surface area contributed by atoms with Crippen molar-refractivity contribution in [1.29, 1.82) is 0 Å². The first-order chi connectivity index (χ1) is 10.4. The highest BCUT2D eigenvalue weighted by atomic mass is 32.2. The highest BCUT2D eigenvalue weighted by Gasteiger charge is 2.54. The summed E-state index contributed by atoms with van der Waals surface area (Å²) in [5.41, 5.74) is 0.820. The molecule has 1 aromatic carbocycles. The number of hydrogen-bond donors (Lipinski definition) is 1. The molecule has 3 unspecified atom stereocenters. The summed E-state index contributed by atoms with van der Waals surface area (Å²) in [6.45, 7) is 1.82. The molecule has 0 radical (unpaired) electrons. The zero-order chi connectivity index (χ0) is 16.1. The number of aryl methyl sites for hydroxylation is 1. The second kappa shape index (κ2) is 5.24. The van der Waals surface area contributed by atoms with Gasteiger partial charge in [0.15, 0.2) is 0 Å². The third kappa shape index (κ3) is 2.19. The van der Waals surface area contributed by atoms with Gasteiger partial charge in [-0.25, -0.2) is 8.42 Å². The van der Waals surface area contributed by atoms with Crippen molar-refractivity contribution >= 4 is 16.0 Å². The third-order valence-electron chi connectivity index (χ3n) is 4.66. The Labute approximate surface area is 129 Å². The Morgan fingerprint density at radius 2 is 2.09 bits per heavy atom. The number of carboxylic acid groups (broad SMARTS) is 1. The van der Waals surface area contributed by atoms with Crippen LogP contribution in [0.2, 0.25) is 0 Å². The maximum atomic E-state index is 13.0. The molecule has 6 nitrogen and oxygen atoms in total. The lowest BCUT2D eigenvalue weighted by Gasteiger charge is -2.23. The van der Waals surface area contributed by atoms with Crippen molar-refractivity contribution in [3.63, 3.8) is 0 Å². The van der Waals surface area contributed by atoms with Gasteiger partial charge >= 0.3 is 5.97 Å². The van der Waals surface area contributed by atoms with E-state index in [0.717, 1.165) is 12.0 Å². The number of hydrogen-bond acceptors (Lipinski definition) is 4. The smallest absolute Gasteiger partial charge is 0.308 e. The minimum absolute atomic E-state index is 0.123.